The van der Waals surface area contributed by atoms with Crippen molar-refractivity contribution in [2.45, 2.75) is 53.2 Å². The molecular formula is C14H28N2O3S. The highest BCUT2D eigenvalue weighted by molar-refractivity contribution is 7.91. The lowest BCUT2D eigenvalue weighted by Crippen LogP contribution is -2.41. The number of amides is 1. The standard InChI is InChI=1S/C14H28N2O3S/c1-6-20(18,19)8-7-16-12(9-10(2)3)15-13(11(4)5)14(16)17/h10-13,15H,6-9H2,1-5H3. The Balaban J connectivity index is 2.79. The Kier molecular flexibility index (Phi) is 6.01. The largest absolute Gasteiger partial charge is 0.325 e. The number of carbonyl (C=O) groups is 1. The molecule has 6 heteroatoms. The Labute approximate surface area is 123 Å². The van der Waals surface area contributed by atoms with Gasteiger partial charge in [0.2, 0.25) is 5.91 Å². The molecule has 1 amide bonds. The summed E-state index contributed by atoms with van der Waals surface area (Å²) in [6.45, 7) is 10.2. The second-order valence-corrected chi connectivity index (χ2v) is 8.77. The van der Waals surface area contributed by atoms with Crippen LogP contribution in [0.4, 0.5) is 0 Å². The van der Waals surface area contributed by atoms with Crippen LogP contribution in [-0.4, -0.2) is 49.5 Å². The average molecular weight is 304 g/mol. The van der Waals surface area contributed by atoms with Crippen molar-refractivity contribution in [1.29, 1.82) is 0 Å². The van der Waals surface area contributed by atoms with E-state index < -0.39 is 9.84 Å². The Morgan fingerprint density at radius 3 is 2.30 bits per heavy atom. The van der Waals surface area contributed by atoms with E-state index in [1.54, 1.807) is 11.8 Å². The summed E-state index contributed by atoms with van der Waals surface area (Å²) in [6, 6.07) is -0.192. The first-order valence-electron chi connectivity index (χ1n) is 7.45. The molecule has 118 valence electrons. The predicted molar refractivity (Wildman–Crippen MR) is 81.0 cm³/mol. The molecule has 0 radical (unpaired) electrons. The lowest BCUT2D eigenvalue weighted by Gasteiger charge is -2.25. The van der Waals surface area contributed by atoms with Crippen LogP contribution in [0, 0.1) is 11.8 Å². The third-order valence-corrected chi connectivity index (χ3v) is 5.43. The molecule has 0 spiro atoms. The summed E-state index contributed by atoms with van der Waals surface area (Å²) in [5.74, 6) is 0.889. The molecule has 1 rings (SSSR count). The normalized spacial score (nSPS) is 24.1. The van der Waals surface area contributed by atoms with Gasteiger partial charge in [-0.1, -0.05) is 34.6 Å². The summed E-state index contributed by atoms with van der Waals surface area (Å²) >= 11 is 0. The van der Waals surface area contributed by atoms with Gasteiger partial charge in [-0.3, -0.25) is 10.1 Å². The van der Waals surface area contributed by atoms with Crippen molar-refractivity contribution in [1.82, 2.24) is 10.2 Å². The van der Waals surface area contributed by atoms with E-state index in [2.05, 4.69) is 19.2 Å². The fourth-order valence-electron chi connectivity index (χ4n) is 2.47. The van der Waals surface area contributed by atoms with Crippen molar-refractivity contribution < 1.29 is 13.2 Å². The Morgan fingerprint density at radius 2 is 1.85 bits per heavy atom. The molecule has 2 atom stereocenters. The molecule has 20 heavy (non-hydrogen) atoms. The highest BCUT2D eigenvalue weighted by atomic mass is 32.2. The van der Waals surface area contributed by atoms with Crippen molar-refractivity contribution in [2.24, 2.45) is 11.8 Å². The van der Waals surface area contributed by atoms with E-state index in [0.717, 1.165) is 6.42 Å². The topological polar surface area (TPSA) is 66.5 Å². The Hall–Kier alpha value is -0.620. The second kappa shape index (κ2) is 6.89. The van der Waals surface area contributed by atoms with E-state index in [9.17, 15) is 13.2 Å². The van der Waals surface area contributed by atoms with E-state index in [-0.39, 0.29) is 35.5 Å². The van der Waals surface area contributed by atoms with E-state index >= 15 is 0 Å². The molecule has 0 aliphatic carbocycles. The summed E-state index contributed by atoms with van der Waals surface area (Å²) in [4.78, 5) is 14.1. The van der Waals surface area contributed by atoms with Crippen LogP contribution in [0.5, 0.6) is 0 Å². The van der Waals surface area contributed by atoms with Gasteiger partial charge in [-0.05, 0) is 18.3 Å². The highest BCUT2D eigenvalue weighted by Crippen LogP contribution is 2.21. The van der Waals surface area contributed by atoms with Gasteiger partial charge in [-0.25, -0.2) is 8.42 Å². The molecule has 0 aromatic rings. The van der Waals surface area contributed by atoms with Gasteiger partial charge in [0.05, 0.1) is 18.0 Å². The molecular weight excluding hydrogens is 276 g/mol. The smallest absolute Gasteiger partial charge is 0.241 e. The lowest BCUT2D eigenvalue weighted by atomic mass is 10.0. The van der Waals surface area contributed by atoms with E-state index in [1.165, 1.54) is 0 Å². The van der Waals surface area contributed by atoms with Gasteiger partial charge < -0.3 is 4.90 Å². The quantitative estimate of drug-likeness (QED) is 0.769. The minimum Gasteiger partial charge on any atom is -0.325 e. The fraction of sp³-hybridized carbons (Fsp3) is 0.929. The molecule has 0 bridgehead atoms. The number of rotatable bonds is 7. The van der Waals surface area contributed by atoms with Crippen LogP contribution in [0.25, 0.3) is 0 Å². The summed E-state index contributed by atoms with van der Waals surface area (Å²) in [6.07, 6.45) is 0.808. The van der Waals surface area contributed by atoms with E-state index in [0.29, 0.717) is 12.5 Å². The van der Waals surface area contributed by atoms with Gasteiger partial charge in [0.25, 0.3) is 0 Å². The van der Waals surface area contributed by atoms with Crippen molar-refractivity contribution in [3.8, 4) is 0 Å². The number of hydrogen-bond donors (Lipinski definition) is 1. The van der Waals surface area contributed by atoms with Gasteiger partial charge in [-0.2, -0.15) is 0 Å². The van der Waals surface area contributed by atoms with Crippen molar-refractivity contribution in [3.63, 3.8) is 0 Å². The maximum absolute atomic E-state index is 12.4. The zero-order valence-electron chi connectivity index (χ0n) is 13.2. The summed E-state index contributed by atoms with van der Waals surface area (Å²) < 4.78 is 23.3. The minimum absolute atomic E-state index is 0.0388. The second-order valence-electron chi connectivity index (χ2n) is 6.30. The number of sulfone groups is 1. The van der Waals surface area contributed by atoms with E-state index in [4.69, 9.17) is 0 Å². The predicted octanol–water partition coefficient (Wildman–Crippen LogP) is 1.25. The molecule has 1 aliphatic rings. The van der Waals surface area contributed by atoms with Crippen LogP contribution < -0.4 is 5.32 Å². The molecule has 1 fully saturated rings. The Bertz CT molecular complexity index is 432. The molecule has 1 heterocycles. The van der Waals surface area contributed by atoms with Crippen molar-refractivity contribution in [3.05, 3.63) is 0 Å². The number of nitrogens with one attached hydrogen (secondary N) is 1. The van der Waals surface area contributed by atoms with Crippen LogP contribution in [0.1, 0.15) is 41.0 Å². The van der Waals surface area contributed by atoms with Crippen LogP contribution in [0.2, 0.25) is 0 Å². The maximum atomic E-state index is 12.4. The van der Waals surface area contributed by atoms with Crippen LogP contribution in [0.15, 0.2) is 0 Å². The molecule has 2 unspecified atom stereocenters. The third-order valence-electron chi connectivity index (χ3n) is 3.74. The number of nitrogens with zero attached hydrogens (tertiary/aromatic N) is 1. The fourth-order valence-corrected chi connectivity index (χ4v) is 3.23. The molecule has 0 aromatic carbocycles. The highest BCUT2D eigenvalue weighted by Gasteiger charge is 2.40. The molecule has 1 aliphatic heterocycles. The number of carbonyl (C=O) groups excluding carboxylic acids is 1. The zero-order valence-corrected chi connectivity index (χ0v) is 14.0. The molecule has 1 N–H and O–H groups in total. The maximum Gasteiger partial charge on any atom is 0.241 e. The van der Waals surface area contributed by atoms with Gasteiger partial charge in [0.15, 0.2) is 9.84 Å². The van der Waals surface area contributed by atoms with Gasteiger partial charge in [-0.15, -0.1) is 0 Å². The summed E-state index contributed by atoms with van der Waals surface area (Å²) in [5.41, 5.74) is 0. The van der Waals surface area contributed by atoms with Gasteiger partial charge in [0.1, 0.15) is 0 Å². The molecule has 5 nitrogen and oxygen atoms in total. The first kappa shape index (κ1) is 17.4. The third kappa shape index (κ3) is 4.45. The van der Waals surface area contributed by atoms with Gasteiger partial charge in [0, 0.05) is 12.3 Å². The van der Waals surface area contributed by atoms with Crippen LogP contribution in [0.3, 0.4) is 0 Å². The number of hydrogen-bond acceptors (Lipinski definition) is 4. The van der Waals surface area contributed by atoms with Crippen molar-refractivity contribution in [2.75, 3.05) is 18.1 Å². The van der Waals surface area contributed by atoms with Crippen LogP contribution in [-0.2, 0) is 14.6 Å². The summed E-state index contributed by atoms with van der Waals surface area (Å²) in [7, 11) is -3.04. The first-order chi connectivity index (χ1) is 9.18. The zero-order chi connectivity index (χ0) is 15.5. The minimum atomic E-state index is -3.04. The first-order valence-corrected chi connectivity index (χ1v) is 9.27. The van der Waals surface area contributed by atoms with Crippen molar-refractivity contribution >= 4 is 15.7 Å². The summed E-state index contributed by atoms with van der Waals surface area (Å²) in [5, 5.41) is 3.36. The van der Waals surface area contributed by atoms with Crippen LogP contribution >= 0.6 is 0 Å². The Morgan fingerprint density at radius 1 is 1.25 bits per heavy atom. The van der Waals surface area contributed by atoms with Gasteiger partial charge >= 0.3 is 0 Å². The molecule has 1 saturated heterocycles. The molecule has 0 saturated carbocycles. The monoisotopic (exact) mass is 304 g/mol. The SMILES string of the molecule is CCS(=O)(=O)CCN1C(=O)C(C(C)C)NC1CC(C)C. The lowest BCUT2D eigenvalue weighted by molar-refractivity contribution is -0.130. The average Bonchev–Trinajstić information content (AvgIpc) is 2.63. The molecule has 0 aromatic heterocycles. The van der Waals surface area contributed by atoms with E-state index in [1.807, 2.05) is 13.8 Å².